The number of hydrogen-bond donors (Lipinski definition) is 2. The largest absolute Gasteiger partial charge is 0.376 e. The highest BCUT2D eigenvalue weighted by molar-refractivity contribution is 6.03. The number of aryl methyl sites for hydroxylation is 1. The second kappa shape index (κ2) is 10.4. The lowest BCUT2D eigenvalue weighted by molar-refractivity contribution is -0.118. The summed E-state index contributed by atoms with van der Waals surface area (Å²) < 4.78 is 5.55. The summed E-state index contributed by atoms with van der Waals surface area (Å²) in [7, 11) is 0. The summed E-state index contributed by atoms with van der Waals surface area (Å²) in [6.07, 6.45) is 7.23. The van der Waals surface area contributed by atoms with E-state index in [0.717, 1.165) is 30.6 Å². The van der Waals surface area contributed by atoms with Gasteiger partial charge in [0.15, 0.2) is 0 Å². The topological polar surface area (TPSA) is 67.4 Å². The van der Waals surface area contributed by atoms with E-state index in [2.05, 4.69) is 10.6 Å². The minimum absolute atomic E-state index is 0.0351. The Hall–Kier alpha value is -3.18. The van der Waals surface area contributed by atoms with Crippen LogP contribution in [0.15, 0.2) is 72.4 Å². The number of carbonyl (C=O) groups is 2. The summed E-state index contributed by atoms with van der Waals surface area (Å²) >= 11 is 0. The van der Waals surface area contributed by atoms with Crippen molar-refractivity contribution in [2.24, 2.45) is 0 Å². The second-order valence-electron chi connectivity index (χ2n) is 7.02. The zero-order chi connectivity index (χ0) is 20.5. The molecule has 150 valence electrons. The van der Waals surface area contributed by atoms with Crippen LogP contribution in [-0.2, 0) is 9.53 Å². The minimum Gasteiger partial charge on any atom is -0.376 e. The fourth-order valence-electron chi connectivity index (χ4n) is 3.00. The first-order chi connectivity index (χ1) is 14.1. The summed E-state index contributed by atoms with van der Waals surface area (Å²) in [6, 6.07) is 17.0. The third-order valence-electron chi connectivity index (χ3n) is 4.67. The van der Waals surface area contributed by atoms with E-state index in [0.29, 0.717) is 12.1 Å². The van der Waals surface area contributed by atoms with Crippen molar-refractivity contribution < 1.29 is 14.3 Å². The van der Waals surface area contributed by atoms with Gasteiger partial charge >= 0.3 is 0 Å². The maximum Gasteiger partial charge on any atom is 0.267 e. The van der Waals surface area contributed by atoms with E-state index >= 15 is 0 Å². The number of benzene rings is 2. The molecule has 1 aliphatic heterocycles. The summed E-state index contributed by atoms with van der Waals surface area (Å²) in [5.74, 6) is -0.657. The lowest BCUT2D eigenvalue weighted by Gasteiger charge is -2.13. The maximum atomic E-state index is 12.7. The van der Waals surface area contributed by atoms with Crippen LogP contribution in [0, 0.1) is 6.92 Å². The molecule has 5 heteroatoms. The van der Waals surface area contributed by atoms with Crippen molar-refractivity contribution in [1.82, 2.24) is 10.6 Å². The predicted molar refractivity (Wildman–Crippen MR) is 114 cm³/mol. The molecule has 0 saturated carbocycles. The van der Waals surface area contributed by atoms with E-state index in [4.69, 9.17) is 4.74 Å². The van der Waals surface area contributed by atoms with Crippen LogP contribution in [-0.4, -0.2) is 31.1 Å². The van der Waals surface area contributed by atoms with Crippen LogP contribution >= 0.6 is 0 Å². The molecule has 29 heavy (non-hydrogen) atoms. The molecule has 0 radical (unpaired) electrons. The van der Waals surface area contributed by atoms with E-state index in [9.17, 15) is 9.59 Å². The highest BCUT2D eigenvalue weighted by Gasteiger charge is 2.18. The number of ether oxygens (including phenoxy) is 1. The Labute approximate surface area is 171 Å². The third-order valence-corrected chi connectivity index (χ3v) is 4.67. The van der Waals surface area contributed by atoms with E-state index in [1.165, 1.54) is 0 Å². The monoisotopic (exact) mass is 390 g/mol. The van der Waals surface area contributed by atoms with E-state index in [-0.39, 0.29) is 23.6 Å². The van der Waals surface area contributed by atoms with Crippen LogP contribution in [0.3, 0.4) is 0 Å². The Morgan fingerprint density at radius 1 is 1.10 bits per heavy atom. The summed E-state index contributed by atoms with van der Waals surface area (Å²) in [4.78, 5) is 25.3. The molecule has 0 aromatic heterocycles. The van der Waals surface area contributed by atoms with E-state index < -0.39 is 0 Å². The molecule has 0 aliphatic carbocycles. The molecular formula is C24H26N2O3. The molecule has 5 nitrogen and oxygen atoms in total. The van der Waals surface area contributed by atoms with Crippen LogP contribution in [0.4, 0.5) is 0 Å². The summed E-state index contributed by atoms with van der Waals surface area (Å²) in [5, 5.41) is 5.59. The summed E-state index contributed by atoms with van der Waals surface area (Å²) in [5.41, 5.74) is 2.77. The molecule has 0 bridgehead atoms. The minimum atomic E-state index is -0.335. The maximum absolute atomic E-state index is 12.7. The molecule has 1 heterocycles. The highest BCUT2D eigenvalue weighted by atomic mass is 16.5. The van der Waals surface area contributed by atoms with Gasteiger partial charge in [-0.15, -0.1) is 0 Å². The molecule has 2 amide bonds. The molecule has 2 aromatic carbocycles. The molecule has 0 unspecified atom stereocenters. The molecule has 1 fully saturated rings. The lowest BCUT2D eigenvalue weighted by Crippen LogP contribution is -2.38. The van der Waals surface area contributed by atoms with Gasteiger partial charge in [0.2, 0.25) is 0 Å². The fourth-order valence-corrected chi connectivity index (χ4v) is 3.00. The normalized spacial score (nSPS) is 16.7. The van der Waals surface area contributed by atoms with Gasteiger partial charge in [-0.1, -0.05) is 60.2 Å². The first-order valence-corrected chi connectivity index (χ1v) is 9.83. The number of nitrogens with one attached hydrogen (secondary N) is 2. The number of allylic oxidation sites excluding steroid dienone is 2. The van der Waals surface area contributed by atoms with Gasteiger partial charge < -0.3 is 15.4 Å². The van der Waals surface area contributed by atoms with E-state index in [1.54, 1.807) is 24.3 Å². The number of rotatable bonds is 7. The van der Waals surface area contributed by atoms with Crippen molar-refractivity contribution in [3.63, 3.8) is 0 Å². The van der Waals surface area contributed by atoms with Crippen LogP contribution in [0.5, 0.6) is 0 Å². The zero-order valence-electron chi connectivity index (χ0n) is 16.6. The Morgan fingerprint density at radius 2 is 1.86 bits per heavy atom. The molecule has 1 saturated heterocycles. The first-order valence-electron chi connectivity index (χ1n) is 9.83. The molecule has 1 aliphatic rings. The van der Waals surface area contributed by atoms with Gasteiger partial charge in [-0.3, -0.25) is 9.59 Å². The van der Waals surface area contributed by atoms with Crippen molar-refractivity contribution in [3.8, 4) is 0 Å². The van der Waals surface area contributed by atoms with Crippen molar-refractivity contribution in [2.45, 2.75) is 25.9 Å². The molecule has 2 aromatic rings. The van der Waals surface area contributed by atoms with Crippen LogP contribution in [0.2, 0.25) is 0 Å². The van der Waals surface area contributed by atoms with Gasteiger partial charge in [0, 0.05) is 18.7 Å². The van der Waals surface area contributed by atoms with Crippen LogP contribution in [0.25, 0.3) is 6.08 Å². The fraction of sp³-hybridized carbons (Fsp3) is 0.250. The SMILES string of the molecule is Cc1ccc(C(=O)N/C(=C/C=C/c2ccccc2)C(=O)NC[C@H]2CCCO2)cc1. The van der Waals surface area contributed by atoms with Gasteiger partial charge in [-0.25, -0.2) is 0 Å². The van der Waals surface area contributed by atoms with Crippen molar-refractivity contribution in [2.75, 3.05) is 13.2 Å². The Balaban J connectivity index is 1.71. The van der Waals surface area contributed by atoms with Gasteiger partial charge in [0.25, 0.3) is 11.8 Å². The number of hydrogen-bond acceptors (Lipinski definition) is 3. The first kappa shape index (κ1) is 20.6. The average molecular weight is 390 g/mol. The molecule has 3 rings (SSSR count). The van der Waals surface area contributed by atoms with Crippen molar-refractivity contribution in [3.05, 3.63) is 89.1 Å². The quantitative estimate of drug-likeness (QED) is 0.561. The Morgan fingerprint density at radius 3 is 2.55 bits per heavy atom. The standard InChI is InChI=1S/C24H26N2O3/c1-18-12-14-20(15-13-18)23(27)26-22(11-5-9-19-7-3-2-4-8-19)24(28)25-17-21-10-6-16-29-21/h2-5,7-9,11-15,21H,6,10,16-17H2,1H3,(H,25,28)(H,26,27)/b9-5+,22-11+/t21-/m1/s1. The lowest BCUT2D eigenvalue weighted by atomic mass is 10.1. The van der Waals surface area contributed by atoms with Gasteiger partial charge in [-0.05, 0) is 43.5 Å². The average Bonchev–Trinajstić information content (AvgIpc) is 3.26. The Kier molecular flexibility index (Phi) is 7.36. The van der Waals surface area contributed by atoms with Crippen molar-refractivity contribution >= 4 is 17.9 Å². The smallest absolute Gasteiger partial charge is 0.267 e. The van der Waals surface area contributed by atoms with Gasteiger partial charge in [-0.2, -0.15) is 0 Å². The molecule has 2 N–H and O–H groups in total. The van der Waals surface area contributed by atoms with E-state index in [1.807, 2.05) is 55.5 Å². The number of amides is 2. The van der Waals surface area contributed by atoms with Crippen LogP contribution < -0.4 is 10.6 Å². The Bertz CT molecular complexity index is 880. The van der Waals surface area contributed by atoms with Crippen molar-refractivity contribution in [1.29, 1.82) is 0 Å². The predicted octanol–water partition coefficient (Wildman–Crippen LogP) is 3.62. The molecular weight excluding hydrogens is 364 g/mol. The second-order valence-corrected chi connectivity index (χ2v) is 7.02. The summed E-state index contributed by atoms with van der Waals surface area (Å²) in [6.45, 7) is 3.12. The van der Waals surface area contributed by atoms with Crippen LogP contribution in [0.1, 0.15) is 34.3 Å². The molecule has 0 spiro atoms. The third kappa shape index (κ3) is 6.43. The zero-order valence-corrected chi connectivity index (χ0v) is 16.6. The molecule has 1 atom stereocenters. The highest BCUT2D eigenvalue weighted by Crippen LogP contribution is 2.11. The van der Waals surface area contributed by atoms with Gasteiger partial charge in [0.05, 0.1) is 6.10 Å². The van der Waals surface area contributed by atoms with Gasteiger partial charge in [0.1, 0.15) is 5.70 Å². The number of carbonyl (C=O) groups excluding carboxylic acids is 2.